The maximum Gasteiger partial charge on any atom is 0.416 e. The number of carbonyl (C=O) groups excluding carboxylic acids is 1. The van der Waals surface area contributed by atoms with Gasteiger partial charge in [-0.2, -0.15) is 13.2 Å². The van der Waals surface area contributed by atoms with Gasteiger partial charge in [0.05, 0.1) is 35.2 Å². The van der Waals surface area contributed by atoms with Crippen molar-refractivity contribution in [3.05, 3.63) is 108 Å². The molecule has 1 amide bonds. The molecule has 5 rings (SSSR count). The third-order valence-corrected chi connectivity index (χ3v) is 5.85. The summed E-state index contributed by atoms with van der Waals surface area (Å²) in [5.74, 6) is -2.72. The Morgan fingerprint density at radius 3 is 2.23 bits per heavy atom. The fraction of sp³-hybridized carbons (Fsp3) is 0.115. The molecule has 1 aliphatic heterocycles. The van der Waals surface area contributed by atoms with Gasteiger partial charge in [0.1, 0.15) is 18.0 Å². The molecule has 0 N–H and O–H groups in total. The van der Waals surface area contributed by atoms with Crippen molar-refractivity contribution in [3.8, 4) is 11.1 Å². The third kappa shape index (κ3) is 4.37. The topological polar surface area (TPSA) is 46.1 Å². The van der Waals surface area contributed by atoms with E-state index in [-0.39, 0.29) is 17.9 Å². The lowest BCUT2D eigenvalue weighted by molar-refractivity contribution is -0.137. The zero-order valence-electron chi connectivity index (χ0n) is 17.9. The average molecular weight is 481 g/mol. The second-order valence-electron chi connectivity index (χ2n) is 8.16. The van der Waals surface area contributed by atoms with E-state index < -0.39 is 29.3 Å². The van der Waals surface area contributed by atoms with Gasteiger partial charge in [-0.3, -0.25) is 9.69 Å². The van der Waals surface area contributed by atoms with Crippen LogP contribution in [0.1, 0.15) is 22.6 Å². The smallest absolute Gasteiger partial charge is 0.277 e. The van der Waals surface area contributed by atoms with Gasteiger partial charge >= 0.3 is 6.18 Å². The SMILES string of the molecule is O=C1C(Cc2cc(F)cc(F)c2)c2cc(-c3cccc(C(F)(F)F)c3)ccc2N1c1cncnc1. The molecule has 0 bridgehead atoms. The molecule has 0 spiro atoms. The lowest BCUT2D eigenvalue weighted by Crippen LogP contribution is -2.25. The van der Waals surface area contributed by atoms with Crippen LogP contribution in [0.5, 0.6) is 0 Å². The van der Waals surface area contributed by atoms with Crippen molar-refractivity contribution >= 4 is 17.3 Å². The molecular weight excluding hydrogens is 465 g/mol. The number of benzene rings is 3. The summed E-state index contributed by atoms with van der Waals surface area (Å²) in [6, 6.07) is 12.9. The molecule has 9 heteroatoms. The molecule has 1 aliphatic rings. The first-order valence-electron chi connectivity index (χ1n) is 10.6. The predicted octanol–water partition coefficient (Wildman–Crippen LogP) is 6.45. The molecule has 1 aromatic heterocycles. The van der Waals surface area contributed by atoms with Gasteiger partial charge in [-0.25, -0.2) is 18.7 Å². The molecule has 0 radical (unpaired) electrons. The molecule has 4 aromatic rings. The number of hydrogen-bond acceptors (Lipinski definition) is 3. The van der Waals surface area contributed by atoms with E-state index in [2.05, 4.69) is 9.97 Å². The number of anilines is 2. The summed E-state index contributed by atoms with van der Waals surface area (Å²) in [7, 11) is 0. The van der Waals surface area contributed by atoms with Crippen LogP contribution in [0.3, 0.4) is 0 Å². The van der Waals surface area contributed by atoms with Crippen LogP contribution >= 0.6 is 0 Å². The Morgan fingerprint density at radius 1 is 0.857 bits per heavy atom. The van der Waals surface area contributed by atoms with E-state index >= 15 is 0 Å². The van der Waals surface area contributed by atoms with E-state index in [9.17, 15) is 26.7 Å². The van der Waals surface area contributed by atoms with Gasteiger partial charge in [-0.1, -0.05) is 18.2 Å². The van der Waals surface area contributed by atoms with Crippen molar-refractivity contribution in [2.45, 2.75) is 18.5 Å². The Morgan fingerprint density at radius 2 is 1.54 bits per heavy atom. The number of alkyl halides is 3. The zero-order valence-corrected chi connectivity index (χ0v) is 17.9. The Bertz CT molecular complexity index is 1400. The van der Waals surface area contributed by atoms with Gasteiger partial charge in [0.2, 0.25) is 5.91 Å². The largest absolute Gasteiger partial charge is 0.416 e. The summed E-state index contributed by atoms with van der Waals surface area (Å²) in [5.41, 5.74) is 1.72. The molecule has 1 atom stereocenters. The fourth-order valence-corrected chi connectivity index (χ4v) is 4.33. The number of aromatic nitrogens is 2. The van der Waals surface area contributed by atoms with Crippen molar-refractivity contribution < 1.29 is 26.7 Å². The Hall–Kier alpha value is -4.14. The summed E-state index contributed by atoms with van der Waals surface area (Å²) in [4.78, 5) is 22.8. The maximum atomic E-state index is 13.8. The van der Waals surface area contributed by atoms with Gasteiger partial charge in [0.25, 0.3) is 0 Å². The number of nitrogens with zero attached hydrogens (tertiary/aromatic N) is 3. The minimum Gasteiger partial charge on any atom is -0.277 e. The van der Waals surface area contributed by atoms with E-state index in [0.717, 1.165) is 30.3 Å². The standard InChI is InChI=1S/C26H16F5N3O/c27-19-6-15(7-20(28)11-19)8-23-22-10-17(16-2-1-3-18(9-16)26(29,30)31)4-5-24(22)34(25(23)35)21-12-32-14-33-13-21/h1-7,9-14,23H,8H2. The van der Waals surface area contributed by atoms with E-state index in [1.165, 1.54) is 29.7 Å². The summed E-state index contributed by atoms with van der Waals surface area (Å²) in [6.07, 6.45) is -0.276. The summed E-state index contributed by atoms with van der Waals surface area (Å²) < 4.78 is 67.3. The quantitative estimate of drug-likeness (QED) is 0.315. The number of amides is 1. The van der Waals surface area contributed by atoms with Crippen LogP contribution in [0.4, 0.5) is 33.3 Å². The Balaban J connectivity index is 1.62. The van der Waals surface area contributed by atoms with E-state index in [1.54, 1.807) is 24.3 Å². The summed E-state index contributed by atoms with van der Waals surface area (Å²) >= 11 is 0. The minimum absolute atomic E-state index is 0.00323. The molecule has 0 fully saturated rings. The van der Waals surface area contributed by atoms with Crippen molar-refractivity contribution in [1.29, 1.82) is 0 Å². The zero-order chi connectivity index (χ0) is 24.7. The van der Waals surface area contributed by atoms with Crippen LogP contribution in [-0.4, -0.2) is 15.9 Å². The predicted molar refractivity (Wildman–Crippen MR) is 119 cm³/mol. The number of hydrogen-bond donors (Lipinski definition) is 0. The lowest BCUT2D eigenvalue weighted by atomic mass is 9.90. The normalized spacial score (nSPS) is 15.4. The first-order valence-corrected chi connectivity index (χ1v) is 10.6. The van der Waals surface area contributed by atoms with Crippen molar-refractivity contribution in [2.75, 3.05) is 4.90 Å². The molecule has 1 unspecified atom stereocenters. The van der Waals surface area contributed by atoms with Crippen LogP contribution in [0, 0.1) is 11.6 Å². The van der Waals surface area contributed by atoms with Crippen LogP contribution in [0.15, 0.2) is 79.4 Å². The number of fused-ring (bicyclic) bond motifs is 1. The molecule has 176 valence electrons. The van der Waals surface area contributed by atoms with Crippen LogP contribution in [0.25, 0.3) is 11.1 Å². The number of halogens is 5. The van der Waals surface area contributed by atoms with Crippen molar-refractivity contribution in [3.63, 3.8) is 0 Å². The summed E-state index contributed by atoms with van der Waals surface area (Å²) in [6.45, 7) is 0. The molecule has 35 heavy (non-hydrogen) atoms. The van der Waals surface area contributed by atoms with E-state index in [4.69, 9.17) is 0 Å². The number of carbonyl (C=O) groups is 1. The van der Waals surface area contributed by atoms with Gasteiger partial charge in [0.15, 0.2) is 0 Å². The highest BCUT2D eigenvalue weighted by atomic mass is 19.4. The van der Waals surface area contributed by atoms with Crippen LogP contribution in [-0.2, 0) is 17.4 Å². The van der Waals surface area contributed by atoms with Gasteiger partial charge in [-0.15, -0.1) is 0 Å². The fourth-order valence-electron chi connectivity index (χ4n) is 4.33. The highest BCUT2D eigenvalue weighted by Crippen LogP contribution is 2.45. The second kappa shape index (κ2) is 8.57. The molecule has 3 aromatic carbocycles. The Kier molecular flexibility index (Phi) is 5.55. The molecule has 0 aliphatic carbocycles. The molecular formula is C26H16F5N3O. The molecule has 2 heterocycles. The van der Waals surface area contributed by atoms with Crippen LogP contribution in [0.2, 0.25) is 0 Å². The first-order chi connectivity index (χ1) is 16.7. The average Bonchev–Trinajstić information content (AvgIpc) is 3.09. The minimum atomic E-state index is -4.50. The highest BCUT2D eigenvalue weighted by molar-refractivity contribution is 6.10. The number of rotatable bonds is 4. The van der Waals surface area contributed by atoms with Crippen molar-refractivity contribution in [1.82, 2.24) is 9.97 Å². The van der Waals surface area contributed by atoms with Crippen molar-refractivity contribution in [2.24, 2.45) is 0 Å². The third-order valence-electron chi connectivity index (χ3n) is 5.85. The van der Waals surface area contributed by atoms with Crippen LogP contribution < -0.4 is 4.90 Å². The van der Waals surface area contributed by atoms with E-state index in [0.29, 0.717) is 28.1 Å². The van der Waals surface area contributed by atoms with Gasteiger partial charge < -0.3 is 0 Å². The van der Waals surface area contributed by atoms with E-state index in [1.807, 2.05) is 0 Å². The Labute approximate surface area is 196 Å². The van der Waals surface area contributed by atoms with Gasteiger partial charge in [-0.05, 0) is 65.1 Å². The van der Waals surface area contributed by atoms with Gasteiger partial charge in [0, 0.05) is 6.07 Å². The lowest BCUT2D eigenvalue weighted by Gasteiger charge is -2.17. The molecule has 0 saturated heterocycles. The second-order valence-corrected chi connectivity index (χ2v) is 8.16. The monoisotopic (exact) mass is 481 g/mol. The first kappa shape index (κ1) is 22.6. The summed E-state index contributed by atoms with van der Waals surface area (Å²) in [5, 5.41) is 0. The highest BCUT2D eigenvalue weighted by Gasteiger charge is 2.39. The molecule has 0 saturated carbocycles. The molecule has 4 nitrogen and oxygen atoms in total. The maximum absolute atomic E-state index is 13.8.